The van der Waals surface area contributed by atoms with Gasteiger partial charge in [-0.1, -0.05) is 75.4 Å². The summed E-state index contributed by atoms with van der Waals surface area (Å²) < 4.78 is 11.5. The van der Waals surface area contributed by atoms with Gasteiger partial charge in [-0.25, -0.2) is 4.98 Å². The molecular weight excluding hydrogens is 677 g/mol. The summed E-state index contributed by atoms with van der Waals surface area (Å²) in [6.07, 6.45) is 5.73. The van der Waals surface area contributed by atoms with Crippen LogP contribution in [-0.4, -0.2) is 32.8 Å². The van der Waals surface area contributed by atoms with Crippen LogP contribution >= 0.6 is 0 Å². The number of benzene rings is 5. The van der Waals surface area contributed by atoms with Gasteiger partial charge in [0.25, 0.3) is 0 Å². The summed E-state index contributed by atoms with van der Waals surface area (Å²) in [7, 11) is 2.12. The number of para-hydroxylation sites is 3. The van der Waals surface area contributed by atoms with Crippen LogP contribution in [0, 0.1) is 13.8 Å². The number of aromatic nitrogens is 4. The lowest BCUT2D eigenvalue weighted by Crippen LogP contribution is -2.24. The average Bonchev–Trinajstić information content (AvgIpc) is 3.83. The normalized spacial score (nSPS) is 13.1. The van der Waals surface area contributed by atoms with Gasteiger partial charge in [-0.3, -0.25) is 9.55 Å². The van der Waals surface area contributed by atoms with Crippen molar-refractivity contribution in [3.8, 4) is 23.0 Å². The van der Waals surface area contributed by atoms with Gasteiger partial charge in [0.1, 0.15) is 17.3 Å². The average molecular weight is 719 g/mol. The molecule has 0 atom stereocenters. The zero-order valence-electron chi connectivity index (χ0n) is 32.0. The fourth-order valence-electron chi connectivity index (χ4n) is 8.51. The van der Waals surface area contributed by atoms with Gasteiger partial charge in [-0.15, -0.1) is 0 Å². The second-order valence-electron chi connectivity index (χ2n) is 15.9. The van der Waals surface area contributed by atoms with Gasteiger partial charge in [-0.2, -0.15) is 0 Å². The highest BCUT2D eigenvalue weighted by molar-refractivity contribution is 6.12. The molecule has 5 heterocycles. The lowest BCUT2D eigenvalue weighted by Gasteiger charge is -2.25. The van der Waals surface area contributed by atoms with Crippen molar-refractivity contribution in [3.05, 3.63) is 151 Å². The van der Waals surface area contributed by atoms with Crippen molar-refractivity contribution in [2.75, 3.05) is 23.5 Å². The van der Waals surface area contributed by atoms with Crippen LogP contribution in [-0.2, 0) is 5.41 Å². The summed E-state index contributed by atoms with van der Waals surface area (Å²) in [4.78, 5) is 14.0. The van der Waals surface area contributed by atoms with Crippen molar-refractivity contribution >= 4 is 60.7 Å². The zero-order chi connectivity index (χ0) is 37.6. The van der Waals surface area contributed by atoms with E-state index < -0.39 is 0 Å². The number of nitrogens with zero attached hydrogens (tertiary/aromatic N) is 6. The molecule has 0 saturated heterocycles. The zero-order valence-corrected chi connectivity index (χ0v) is 32.0. The van der Waals surface area contributed by atoms with E-state index in [1.165, 1.54) is 43.9 Å². The standard InChI is InChI=1S/C48H42N6O/c1-30-11-9-14-39-40-15-10-12-31(2)47(40)53(46(30)39)33-19-22-50-45(26-33)54-41-16-8-7-13-37(41)38-18-17-35(27-43(38)54)55-36-24-32(48(3,4)5)23-34(25-36)52-29-51(6)42-20-21-49-28-44(42)52/h7-28H,29H2,1-6H3. The number of hydrogen-bond donors (Lipinski definition) is 0. The summed E-state index contributed by atoms with van der Waals surface area (Å²) in [5, 5.41) is 4.83. The smallest absolute Gasteiger partial charge is 0.139 e. The van der Waals surface area contributed by atoms with E-state index in [1.54, 1.807) is 0 Å². The number of pyridine rings is 2. The first-order valence-electron chi connectivity index (χ1n) is 18.9. The Hall–Kier alpha value is -6.60. The van der Waals surface area contributed by atoms with Gasteiger partial charge in [0.05, 0.1) is 52.0 Å². The predicted molar refractivity (Wildman–Crippen MR) is 227 cm³/mol. The number of rotatable bonds is 5. The Kier molecular flexibility index (Phi) is 7.33. The van der Waals surface area contributed by atoms with Crippen molar-refractivity contribution in [3.63, 3.8) is 0 Å². The predicted octanol–water partition coefficient (Wildman–Crippen LogP) is 11.9. The minimum Gasteiger partial charge on any atom is -0.457 e. The highest BCUT2D eigenvalue weighted by Gasteiger charge is 2.27. The molecule has 7 nitrogen and oxygen atoms in total. The highest BCUT2D eigenvalue weighted by atomic mass is 16.5. The molecular formula is C48H42N6O. The van der Waals surface area contributed by atoms with Crippen molar-refractivity contribution in [1.82, 2.24) is 19.1 Å². The highest BCUT2D eigenvalue weighted by Crippen LogP contribution is 2.43. The van der Waals surface area contributed by atoms with E-state index in [2.05, 4.69) is 181 Å². The Morgan fingerprint density at radius 3 is 2.09 bits per heavy atom. The van der Waals surface area contributed by atoms with Gasteiger partial charge >= 0.3 is 0 Å². The number of anilines is 3. The lowest BCUT2D eigenvalue weighted by molar-refractivity contribution is 0.479. The van der Waals surface area contributed by atoms with E-state index in [0.717, 1.165) is 63.2 Å². The molecule has 0 radical (unpaired) electrons. The Labute approximate surface area is 320 Å². The lowest BCUT2D eigenvalue weighted by atomic mass is 9.86. The molecule has 270 valence electrons. The number of ether oxygens (including phenoxy) is 1. The van der Waals surface area contributed by atoms with Crippen LogP contribution in [0.1, 0.15) is 37.5 Å². The number of fused-ring (bicyclic) bond motifs is 7. The fourth-order valence-corrected chi connectivity index (χ4v) is 8.51. The van der Waals surface area contributed by atoms with Gasteiger partial charge in [0, 0.05) is 64.9 Å². The third-order valence-electron chi connectivity index (χ3n) is 11.2. The maximum atomic E-state index is 6.84. The van der Waals surface area contributed by atoms with Gasteiger partial charge in [0.2, 0.25) is 0 Å². The van der Waals surface area contributed by atoms with Crippen molar-refractivity contribution < 1.29 is 4.74 Å². The molecule has 4 aromatic heterocycles. The SMILES string of the molecule is Cc1cccc2c3cccc(C)c3n(-c3ccnc(-n4c5ccccc5c5ccc(Oc6cc(N7CN(C)c8ccncc87)cc(C(C)(C)C)c6)cc54)c3)c12. The Morgan fingerprint density at radius 1 is 0.600 bits per heavy atom. The molecule has 0 N–H and O–H groups in total. The Morgan fingerprint density at radius 2 is 1.33 bits per heavy atom. The third kappa shape index (κ3) is 5.25. The molecule has 0 unspecified atom stereocenters. The van der Waals surface area contributed by atoms with Crippen LogP contribution in [0.5, 0.6) is 11.5 Å². The van der Waals surface area contributed by atoms with Crippen LogP contribution in [0.25, 0.3) is 55.1 Å². The molecule has 0 aliphatic carbocycles. The summed E-state index contributed by atoms with van der Waals surface area (Å²) >= 11 is 0. The summed E-state index contributed by atoms with van der Waals surface area (Å²) in [6, 6.07) is 41.2. The van der Waals surface area contributed by atoms with E-state index in [4.69, 9.17) is 9.72 Å². The topological polar surface area (TPSA) is 51.4 Å². The van der Waals surface area contributed by atoms with Crippen molar-refractivity contribution in [2.45, 2.75) is 40.0 Å². The van der Waals surface area contributed by atoms with Gasteiger partial charge in [0.15, 0.2) is 0 Å². The van der Waals surface area contributed by atoms with Crippen LogP contribution in [0.4, 0.5) is 17.1 Å². The molecule has 0 fully saturated rings. The quantitative estimate of drug-likeness (QED) is 0.177. The molecule has 0 spiro atoms. The second kappa shape index (κ2) is 12.2. The summed E-state index contributed by atoms with van der Waals surface area (Å²) in [5.74, 6) is 2.40. The first-order valence-corrected chi connectivity index (χ1v) is 18.9. The molecule has 1 aliphatic heterocycles. The monoisotopic (exact) mass is 718 g/mol. The molecule has 7 heteroatoms. The Bertz CT molecular complexity index is 2920. The van der Waals surface area contributed by atoms with Gasteiger partial charge < -0.3 is 19.1 Å². The van der Waals surface area contributed by atoms with Crippen LogP contribution < -0.4 is 14.5 Å². The van der Waals surface area contributed by atoms with Crippen LogP contribution in [0.15, 0.2) is 134 Å². The molecule has 0 saturated carbocycles. The van der Waals surface area contributed by atoms with Crippen LogP contribution in [0.2, 0.25) is 0 Å². The summed E-state index contributed by atoms with van der Waals surface area (Å²) in [6.45, 7) is 11.9. The Balaban J connectivity index is 1.12. The molecule has 5 aromatic carbocycles. The second-order valence-corrected chi connectivity index (χ2v) is 15.9. The third-order valence-corrected chi connectivity index (χ3v) is 11.2. The van der Waals surface area contributed by atoms with Crippen molar-refractivity contribution in [2.24, 2.45) is 0 Å². The first kappa shape index (κ1) is 33.0. The van der Waals surface area contributed by atoms with Crippen LogP contribution in [0.3, 0.4) is 0 Å². The molecule has 9 aromatic rings. The molecule has 1 aliphatic rings. The minimum absolute atomic E-state index is 0.0853. The van der Waals surface area contributed by atoms with E-state index in [9.17, 15) is 0 Å². The van der Waals surface area contributed by atoms with E-state index >= 15 is 0 Å². The minimum atomic E-state index is -0.0853. The number of hydrogen-bond acceptors (Lipinski definition) is 5. The maximum absolute atomic E-state index is 6.84. The molecule has 0 bridgehead atoms. The molecule has 55 heavy (non-hydrogen) atoms. The fraction of sp³-hybridized carbons (Fsp3) is 0.167. The van der Waals surface area contributed by atoms with Crippen molar-refractivity contribution in [1.29, 1.82) is 0 Å². The van der Waals surface area contributed by atoms with Gasteiger partial charge in [-0.05, 0) is 78.4 Å². The molecule has 10 rings (SSSR count). The van der Waals surface area contributed by atoms with E-state index in [1.807, 2.05) is 18.6 Å². The number of aryl methyl sites for hydroxylation is 2. The first-order chi connectivity index (χ1) is 26.6. The van der Waals surface area contributed by atoms with E-state index in [0.29, 0.717) is 0 Å². The van der Waals surface area contributed by atoms with E-state index in [-0.39, 0.29) is 5.41 Å². The summed E-state index contributed by atoms with van der Waals surface area (Å²) in [5.41, 5.74) is 12.6. The molecule has 0 amide bonds. The largest absolute Gasteiger partial charge is 0.457 e. The maximum Gasteiger partial charge on any atom is 0.139 e.